The highest BCUT2D eigenvalue weighted by atomic mass is 16.4. The number of aliphatic carboxylic acids is 4. The van der Waals surface area contributed by atoms with E-state index in [0.717, 1.165) is 0 Å². The Balaban J connectivity index is 0. The van der Waals surface area contributed by atoms with Gasteiger partial charge in [0.25, 0.3) is 0 Å². The van der Waals surface area contributed by atoms with Crippen LogP contribution >= 0.6 is 0 Å². The summed E-state index contributed by atoms with van der Waals surface area (Å²) >= 11 is 0. The van der Waals surface area contributed by atoms with Gasteiger partial charge in [-0.15, -0.1) is 0 Å². The lowest BCUT2D eigenvalue weighted by atomic mass is 10.2. The molecule has 9 nitrogen and oxygen atoms in total. The molecule has 0 radical (unpaired) electrons. The fourth-order valence-electron chi connectivity index (χ4n) is 0.275. The molecule has 86 valence electrons. The molecule has 0 rings (SSSR count). The summed E-state index contributed by atoms with van der Waals surface area (Å²) < 4.78 is 0. The van der Waals surface area contributed by atoms with Gasteiger partial charge in [0.15, 0.2) is 0 Å². The fourth-order valence-corrected chi connectivity index (χ4v) is 0.275. The van der Waals surface area contributed by atoms with Crippen LogP contribution in [0.1, 0.15) is 6.42 Å². The van der Waals surface area contributed by atoms with E-state index in [1.165, 1.54) is 0 Å². The van der Waals surface area contributed by atoms with Crippen LogP contribution in [0.5, 0.6) is 0 Å². The van der Waals surface area contributed by atoms with Crippen molar-refractivity contribution in [3.05, 3.63) is 0 Å². The van der Waals surface area contributed by atoms with Gasteiger partial charge >= 0.3 is 23.9 Å². The second kappa shape index (κ2) is 7.26. The monoisotopic (exact) mass is 223 g/mol. The van der Waals surface area contributed by atoms with Crippen LogP contribution in [0.2, 0.25) is 0 Å². The number of hydrogen-bond donors (Lipinski definition) is 5. The summed E-state index contributed by atoms with van der Waals surface area (Å²) in [6.45, 7) is 0. The molecule has 0 aromatic heterocycles. The van der Waals surface area contributed by atoms with Crippen molar-refractivity contribution in [2.24, 2.45) is 5.73 Å². The van der Waals surface area contributed by atoms with Crippen molar-refractivity contribution in [1.82, 2.24) is 0 Å². The highest BCUT2D eigenvalue weighted by Crippen LogP contribution is 1.86. The molecule has 0 saturated heterocycles. The highest BCUT2D eigenvalue weighted by Gasteiger charge is 2.14. The lowest BCUT2D eigenvalue weighted by Crippen LogP contribution is -2.32. The number of carboxylic acids is 4. The Bertz CT molecular complexity index is 260. The summed E-state index contributed by atoms with van der Waals surface area (Å²) in [6.07, 6.45) is -0.532. The van der Waals surface area contributed by atoms with E-state index in [-0.39, 0.29) is 0 Å². The molecule has 0 fully saturated rings. The third kappa shape index (κ3) is 11.8. The van der Waals surface area contributed by atoms with Crippen molar-refractivity contribution in [2.45, 2.75) is 12.5 Å². The molecule has 9 heteroatoms. The molecule has 0 aromatic rings. The lowest BCUT2D eigenvalue weighted by molar-refractivity contribution is -0.159. The smallest absolute Gasteiger partial charge is 0.414 e. The summed E-state index contributed by atoms with van der Waals surface area (Å²) in [7, 11) is 0. The van der Waals surface area contributed by atoms with Gasteiger partial charge in [0.05, 0.1) is 6.42 Å². The summed E-state index contributed by atoms with van der Waals surface area (Å²) in [5.74, 6) is -6.15. The van der Waals surface area contributed by atoms with Gasteiger partial charge in [0.1, 0.15) is 6.04 Å². The predicted octanol–water partition coefficient (Wildman–Crippen LogP) is -1.97. The first kappa shape index (κ1) is 15.3. The minimum Gasteiger partial charge on any atom is -0.481 e. The molecule has 6 N–H and O–H groups in total. The molecule has 0 bridgehead atoms. The average molecular weight is 223 g/mol. The Labute approximate surface area is 82.7 Å². The van der Waals surface area contributed by atoms with Crippen LogP contribution in [0.4, 0.5) is 0 Å². The summed E-state index contributed by atoms with van der Waals surface area (Å²) in [5.41, 5.74) is 4.84. The van der Waals surface area contributed by atoms with E-state index in [4.69, 9.17) is 35.7 Å². The van der Waals surface area contributed by atoms with Crippen LogP contribution in [-0.4, -0.2) is 50.3 Å². The van der Waals surface area contributed by atoms with Gasteiger partial charge in [-0.25, -0.2) is 9.59 Å². The average Bonchev–Trinajstić information content (AvgIpc) is 2.03. The second-order valence-corrected chi connectivity index (χ2v) is 2.15. The molecule has 0 aliphatic heterocycles. The van der Waals surface area contributed by atoms with Crippen LogP contribution in [-0.2, 0) is 19.2 Å². The molecule has 1 unspecified atom stereocenters. The van der Waals surface area contributed by atoms with Crippen molar-refractivity contribution in [3.8, 4) is 0 Å². The second-order valence-electron chi connectivity index (χ2n) is 2.15. The van der Waals surface area contributed by atoms with E-state index in [1.54, 1.807) is 0 Å². The Morgan fingerprint density at radius 3 is 1.33 bits per heavy atom. The largest absolute Gasteiger partial charge is 0.481 e. The molecular formula is C6H9NO8. The number of nitrogens with two attached hydrogens (primary N) is 1. The minimum absolute atomic E-state index is 0.532. The maximum absolute atomic E-state index is 9.85. The normalized spacial score (nSPS) is 10.5. The standard InChI is InChI=1S/C4H7NO4.C2H2O4/c5-2(4(8)9)1-3(6)7;3-1(4)2(5)6/h2H,1,5H2,(H,6,7)(H,8,9);(H,3,4)(H,5,6). The van der Waals surface area contributed by atoms with E-state index >= 15 is 0 Å². The zero-order valence-electron chi connectivity index (χ0n) is 7.28. The van der Waals surface area contributed by atoms with Gasteiger partial charge in [-0.3, -0.25) is 9.59 Å². The molecule has 0 amide bonds. The summed E-state index contributed by atoms with van der Waals surface area (Å²) in [5, 5.41) is 30.8. The van der Waals surface area contributed by atoms with E-state index in [9.17, 15) is 9.59 Å². The van der Waals surface area contributed by atoms with E-state index in [0.29, 0.717) is 0 Å². The molecular weight excluding hydrogens is 214 g/mol. The molecule has 15 heavy (non-hydrogen) atoms. The van der Waals surface area contributed by atoms with E-state index in [1.807, 2.05) is 0 Å². The number of carboxylic acid groups (broad SMARTS) is 4. The van der Waals surface area contributed by atoms with Crippen molar-refractivity contribution in [2.75, 3.05) is 0 Å². The van der Waals surface area contributed by atoms with Crippen molar-refractivity contribution < 1.29 is 39.6 Å². The zero-order valence-corrected chi connectivity index (χ0v) is 7.28. The first-order valence-electron chi connectivity index (χ1n) is 3.34. The van der Waals surface area contributed by atoms with Crippen molar-refractivity contribution in [1.29, 1.82) is 0 Å². The van der Waals surface area contributed by atoms with Gasteiger partial charge in [-0.1, -0.05) is 0 Å². The molecule has 0 saturated carbocycles. The Hall–Kier alpha value is -2.16. The third-order valence-corrected chi connectivity index (χ3v) is 0.895. The van der Waals surface area contributed by atoms with E-state index < -0.39 is 36.3 Å². The Morgan fingerprint density at radius 2 is 1.27 bits per heavy atom. The number of hydrogen-bond acceptors (Lipinski definition) is 5. The van der Waals surface area contributed by atoms with Crippen LogP contribution in [0.25, 0.3) is 0 Å². The molecule has 0 aliphatic rings. The number of rotatable bonds is 3. The molecule has 0 heterocycles. The van der Waals surface area contributed by atoms with Crippen LogP contribution in [0, 0.1) is 0 Å². The van der Waals surface area contributed by atoms with Crippen molar-refractivity contribution >= 4 is 23.9 Å². The summed E-state index contributed by atoms with van der Waals surface area (Å²) in [4.78, 5) is 37.8. The van der Waals surface area contributed by atoms with Crippen LogP contribution in [0.15, 0.2) is 0 Å². The maximum atomic E-state index is 9.85. The van der Waals surface area contributed by atoms with Crippen LogP contribution in [0.3, 0.4) is 0 Å². The van der Waals surface area contributed by atoms with E-state index in [2.05, 4.69) is 0 Å². The third-order valence-electron chi connectivity index (χ3n) is 0.895. The zero-order chi connectivity index (χ0) is 12.6. The fraction of sp³-hybridized carbons (Fsp3) is 0.333. The Morgan fingerprint density at radius 1 is 0.933 bits per heavy atom. The molecule has 0 aromatic carbocycles. The summed E-state index contributed by atoms with van der Waals surface area (Å²) in [6, 6.07) is -1.29. The minimum atomic E-state index is -1.82. The van der Waals surface area contributed by atoms with Gasteiger partial charge in [0.2, 0.25) is 0 Å². The van der Waals surface area contributed by atoms with Gasteiger partial charge < -0.3 is 26.2 Å². The first-order valence-corrected chi connectivity index (χ1v) is 3.34. The topological polar surface area (TPSA) is 175 Å². The van der Waals surface area contributed by atoms with Crippen LogP contribution < -0.4 is 5.73 Å². The lowest BCUT2D eigenvalue weighted by Gasteiger charge is -1.99. The number of carbonyl (C=O) groups is 4. The molecule has 0 aliphatic carbocycles. The SMILES string of the molecule is NC(CC(=O)O)C(=O)O.O=C(O)C(=O)O. The quantitative estimate of drug-likeness (QED) is 0.339. The molecule has 0 spiro atoms. The maximum Gasteiger partial charge on any atom is 0.414 e. The van der Waals surface area contributed by atoms with Gasteiger partial charge in [0, 0.05) is 0 Å². The predicted molar refractivity (Wildman–Crippen MR) is 43.1 cm³/mol. The first-order chi connectivity index (χ1) is 6.68. The van der Waals surface area contributed by atoms with Gasteiger partial charge in [-0.2, -0.15) is 0 Å². The Kier molecular flexibility index (Phi) is 7.42. The van der Waals surface area contributed by atoms with Crippen molar-refractivity contribution in [3.63, 3.8) is 0 Å². The van der Waals surface area contributed by atoms with Gasteiger partial charge in [-0.05, 0) is 0 Å². The molecule has 1 atom stereocenters. The highest BCUT2D eigenvalue weighted by molar-refractivity contribution is 6.27.